The molecule has 38 heavy (non-hydrogen) atoms. The van der Waals surface area contributed by atoms with Crippen molar-refractivity contribution in [3.05, 3.63) is 70.2 Å². The van der Waals surface area contributed by atoms with Crippen LogP contribution in [0.25, 0.3) is 0 Å². The molecule has 2 N–H and O–H groups in total. The predicted octanol–water partition coefficient (Wildman–Crippen LogP) is 4.89. The van der Waals surface area contributed by atoms with Crippen LogP contribution in [0.5, 0.6) is 0 Å². The monoisotopic (exact) mass is 539 g/mol. The molecule has 1 heterocycles. The van der Waals surface area contributed by atoms with Gasteiger partial charge in [-0.1, -0.05) is 49.7 Å². The number of methoxy groups -OCH3 is 1. The molecular formula is C30H38ClN3O4. The molecule has 1 unspecified atom stereocenters. The van der Waals surface area contributed by atoms with Crippen LogP contribution in [-0.2, 0) is 20.7 Å². The van der Waals surface area contributed by atoms with Crippen molar-refractivity contribution in [2.75, 3.05) is 20.2 Å². The molecule has 4 rings (SSSR count). The van der Waals surface area contributed by atoms with Gasteiger partial charge in [0.25, 0.3) is 5.91 Å². The van der Waals surface area contributed by atoms with Gasteiger partial charge in [-0.25, -0.2) is 0 Å². The Bertz CT molecular complexity index is 1140. The van der Waals surface area contributed by atoms with E-state index in [-0.39, 0.29) is 36.4 Å². The van der Waals surface area contributed by atoms with Crippen LogP contribution in [0.4, 0.5) is 0 Å². The highest BCUT2D eigenvalue weighted by molar-refractivity contribution is 6.30. The van der Waals surface area contributed by atoms with E-state index >= 15 is 0 Å². The average molecular weight is 540 g/mol. The number of hydrogen-bond acceptors (Lipinski definition) is 5. The summed E-state index contributed by atoms with van der Waals surface area (Å²) >= 11 is 6.26. The minimum Gasteiger partial charge on any atom is -0.469 e. The molecule has 0 radical (unpaired) electrons. The zero-order valence-corrected chi connectivity index (χ0v) is 23.2. The van der Waals surface area contributed by atoms with Crippen molar-refractivity contribution < 1.29 is 19.1 Å². The van der Waals surface area contributed by atoms with E-state index < -0.39 is 6.04 Å². The summed E-state index contributed by atoms with van der Waals surface area (Å²) in [5, 5.41) is 7.09. The smallest absolute Gasteiger partial charge is 0.307 e. The average Bonchev–Trinajstić information content (AvgIpc) is 3.18. The summed E-state index contributed by atoms with van der Waals surface area (Å²) in [6.45, 7) is 5.39. The molecule has 1 aliphatic carbocycles. The molecule has 8 heteroatoms. The third-order valence-electron chi connectivity index (χ3n) is 8.11. The van der Waals surface area contributed by atoms with E-state index in [9.17, 15) is 14.4 Å². The van der Waals surface area contributed by atoms with E-state index in [0.29, 0.717) is 35.4 Å². The number of ether oxygens (including phenoxy) is 1. The zero-order chi connectivity index (χ0) is 27.3. The molecule has 204 valence electrons. The van der Waals surface area contributed by atoms with Crippen molar-refractivity contribution in [3.63, 3.8) is 0 Å². The maximum atomic E-state index is 13.8. The quantitative estimate of drug-likeness (QED) is 0.443. The van der Waals surface area contributed by atoms with Crippen LogP contribution in [0.3, 0.4) is 0 Å². The number of rotatable bonds is 9. The lowest BCUT2D eigenvalue weighted by atomic mass is 9.76. The van der Waals surface area contributed by atoms with Crippen LogP contribution in [0.1, 0.15) is 73.5 Å². The summed E-state index contributed by atoms with van der Waals surface area (Å²) in [5.41, 5.74) is 2.13. The fourth-order valence-electron chi connectivity index (χ4n) is 5.76. The van der Waals surface area contributed by atoms with Crippen LogP contribution in [-0.4, -0.2) is 48.5 Å². The number of nitrogens with zero attached hydrogens (tertiary/aromatic N) is 1. The van der Waals surface area contributed by atoms with Crippen LogP contribution in [0.15, 0.2) is 48.5 Å². The third kappa shape index (κ3) is 6.38. The Kier molecular flexibility index (Phi) is 9.11. The highest BCUT2D eigenvalue weighted by atomic mass is 35.5. The van der Waals surface area contributed by atoms with Crippen LogP contribution in [0.2, 0.25) is 5.02 Å². The second kappa shape index (κ2) is 12.3. The van der Waals surface area contributed by atoms with E-state index in [1.54, 1.807) is 12.1 Å². The Hall–Kier alpha value is -2.90. The summed E-state index contributed by atoms with van der Waals surface area (Å²) in [4.78, 5) is 39.4. The first-order valence-corrected chi connectivity index (χ1v) is 13.9. The Balaban J connectivity index is 1.44. The summed E-state index contributed by atoms with van der Waals surface area (Å²) < 4.78 is 4.60. The first-order valence-electron chi connectivity index (χ1n) is 13.5. The highest BCUT2D eigenvalue weighted by Crippen LogP contribution is 2.43. The first-order chi connectivity index (χ1) is 18.2. The van der Waals surface area contributed by atoms with Crippen molar-refractivity contribution in [2.45, 2.75) is 64.1 Å². The van der Waals surface area contributed by atoms with Gasteiger partial charge in [0.1, 0.15) is 6.04 Å². The number of carbonyl (C=O) groups is 3. The molecule has 1 saturated heterocycles. The largest absolute Gasteiger partial charge is 0.469 e. The molecule has 1 spiro atoms. The van der Waals surface area contributed by atoms with Crippen LogP contribution >= 0.6 is 11.6 Å². The van der Waals surface area contributed by atoms with Crippen molar-refractivity contribution >= 4 is 29.4 Å². The fraction of sp³-hybridized carbons (Fsp3) is 0.500. The minimum atomic E-state index is -0.402. The number of halogens is 1. The first kappa shape index (κ1) is 28.1. The van der Waals surface area contributed by atoms with Gasteiger partial charge in [0.05, 0.1) is 19.2 Å². The minimum absolute atomic E-state index is 0.0943. The van der Waals surface area contributed by atoms with Gasteiger partial charge in [0.2, 0.25) is 5.91 Å². The molecule has 2 fully saturated rings. The Morgan fingerprint density at radius 2 is 1.87 bits per heavy atom. The lowest BCUT2D eigenvalue weighted by molar-refractivity contribution is -0.140. The van der Waals surface area contributed by atoms with Gasteiger partial charge >= 0.3 is 5.97 Å². The second-order valence-corrected chi connectivity index (χ2v) is 11.2. The Morgan fingerprint density at radius 1 is 1.16 bits per heavy atom. The van der Waals surface area contributed by atoms with E-state index in [1.165, 1.54) is 7.11 Å². The van der Waals surface area contributed by atoms with Gasteiger partial charge < -0.3 is 15.0 Å². The summed E-state index contributed by atoms with van der Waals surface area (Å²) in [7, 11) is 1.32. The molecule has 1 saturated carbocycles. The standard InChI is InChI=1S/C30H38ClN3O4/c1-20(2)22-11-15-30(16-12-22)33-27(24-5-4-6-25(31)19-24)29(37)34(30)18-14-21-7-9-23(10-8-21)28(36)32-17-13-26(35)38-3/h4-10,19-20,22,27,33H,11-18H2,1-3H3,(H,32,36). The SMILES string of the molecule is COC(=O)CCNC(=O)c1ccc(CCN2C(=O)C(c3cccc(Cl)c3)NC23CCC(C(C)C)CC3)cc1. The highest BCUT2D eigenvalue weighted by Gasteiger charge is 2.51. The molecule has 1 aliphatic heterocycles. The van der Waals surface area contributed by atoms with Crippen molar-refractivity contribution in [1.82, 2.24) is 15.5 Å². The van der Waals surface area contributed by atoms with E-state index in [4.69, 9.17) is 11.6 Å². The van der Waals surface area contributed by atoms with Crippen molar-refractivity contribution in [3.8, 4) is 0 Å². The normalized spacial score (nSPS) is 23.2. The zero-order valence-electron chi connectivity index (χ0n) is 22.5. The number of nitrogens with one attached hydrogen (secondary N) is 2. The van der Waals surface area contributed by atoms with Gasteiger partial charge in [-0.3, -0.25) is 19.7 Å². The lowest BCUT2D eigenvalue weighted by Gasteiger charge is -2.44. The third-order valence-corrected chi connectivity index (χ3v) is 8.34. The molecule has 2 aromatic carbocycles. The Labute approximate surface area is 230 Å². The van der Waals surface area contributed by atoms with Crippen molar-refractivity contribution in [1.29, 1.82) is 0 Å². The molecule has 2 amide bonds. The van der Waals surface area contributed by atoms with Gasteiger partial charge in [-0.05, 0) is 79.3 Å². The number of benzene rings is 2. The van der Waals surface area contributed by atoms with E-state index in [2.05, 4.69) is 34.1 Å². The maximum Gasteiger partial charge on any atom is 0.307 e. The predicted molar refractivity (Wildman–Crippen MR) is 148 cm³/mol. The molecule has 0 bridgehead atoms. The topological polar surface area (TPSA) is 87.7 Å². The number of carbonyl (C=O) groups excluding carboxylic acids is 3. The Morgan fingerprint density at radius 3 is 2.50 bits per heavy atom. The summed E-state index contributed by atoms with van der Waals surface area (Å²) in [5.74, 6) is 0.815. The molecule has 1 atom stereocenters. The molecular weight excluding hydrogens is 502 g/mol. The van der Waals surface area contributed by atoms with E-state index in [1.807, 2.05) is 36.4 Å². The number of amides is 2. The van der Waals surface area contributed by atoms with Gasteiger partial charge in [-0.15, -0.1) is 0 Å². The molecule has 2 aliphatic rings. The molecule has 7 nitrogen and oxygen atoms in total. The van der Waals surface area contributed by atoms with Crippen molar-refractivity contribution in [2.24, 2.45) is 11.8 Å². The lowest BCUT2D eigenvalue weighted by Crippen LogP contribution is -2.55. The van der Waals surface area contributed by atoms with Crippen LogP contribution < -0.4 is 10.6 Å². The molecule has 2 aromatic rings. The number of esters is 1. The van der Waals surface area contributed by atoms with E-state index in [0.717, 1.165) is 36.8 Å². The second-order valence-electron chi connectivity index (χ2n) is 10.8. The molecule has 0 aromatic heterocycles. The van der Waals surface area contributed by atoms with Gasteiger partial charge in [-0.2, -0.15) is 0 Å². The number of hydrogen-bond donors (Lipinski definition) is 2. The van der Waals surface area contributed by atoms with Gasteiger partial charge in [0.15, 0.2) is 0 Å². The summed E-state index contributed by atoms with van der Waals surface area (Å²) in [6, 6.07) is 14.6. The van der Waals surface area contributed by atoms with Crippen LogP contribution in [0, 0.1) is 11.8 Å². The van der Waals surface area contributed by atoms with Gasteiger partial charge in [0, 0.05) is 23.7 Å². The maximum absolute atomic E-state index is 13.8. The fourth-order valence-corrected chi connectivity index (χ4v) is 5.95. The summed E-state index contributed by atoms with van der Waals surface area (Å²) in [6.07, 6.45) is 4.88.